The molecule has 0 aliphatic carbocycles. The minimum absolute atomic E-state index is 0.00451. The monoisotopic (exact) mass is 364 g/mol. The number of hydrogen-bond acceptors (Lipinski definition) is 2. The standard InChI is InChI=1S/C23H28N2O2/c1-2-24(18-19-10-6-5-7-11-19)22(26)20-12-14-21(15-13-20)23(27)25-16-8-3-4-9-17-25/h5-7,10-15H,2-4,8-9,16-18H2,1H3. The number of rotatable bonds is 5. The molecule has 4 nitrogen and oxygen atoms in total. The minimum Gasteiger partial charge on any atom is -0.339 e. The Morgan fingerprint density at radius 1 is 0.852 bits per heavy atom. The van der Waals surface area contributed by atoms with Crippen molar-refractivity contribution in [2.24, 2.45) is 0 Å². The van der Waals surface area contributed by atoms with Crippen LogP contribution in [-0.4, -0.2) is 41.2 Å². The van der Waals surface area contributed by atoms with Crippen molar-refractivity contribution in [3.05, 3.63) is 71.3 Å². The van der Waals surface area contributed by atoms with Gasteiger partial charge in [0.2, 0.25) is 0 Å². The van der Waals surface area contributed by atoms with Gasteiger partial charge in [-0.15, -0.1) is 0 Å². The lowest BCUT2D eigenvalue weighted by atomic mass is 10.1. The van der Waals surface area contributed by atoms with Crippen molar-refractivity contribution in [1.29, 1.82) is 0 Å². The third kappa shape index (κ3) is 4.97. The fourth-order valence-corrected chi connectivity index (χ4v) is 3.53. The van der Waals surface area contributed by atoms with Gasteiger partial charge in [0.05, 0.1) is 0 Å². The summed E-state index contributed by atoms with van der Waals surface area (Å²) in [5, 5.41) is 0. The zero-order chi connectivity index (χ0) is 19.1. The van der Waals surface area contributed by atoms with Crippen molar-refractivity contribution in [2.45, 2.75) is 39.2 Å². The molecule has 0 atom stereocenters. The van der Waals surface area contributed by atoms with E-state index in [-0.39, 0.29) is 11.8 Å². The highest BCUT2D eigenvalue weighted by Gasteiger charge is 2.19. The molecule has 0 N–H and O–H groups in total. The summed E-state index contributed by atoms with van der Waals surface area (Å²) in [6.45, 7) is 4.88. The Labute approximate surface area is 161 Å². The van der Waals surface area contributed by atoms with E-state index in [1.165, 1.54) is 12.8 Å². The van der Waals surface area contributed by atoms with E-state index in [0.717, 1.165) is 31.5 Å². The van der Waals surface area contributed by atoms with Gasteiger partial charge in [0, 0.05) is 37.3 Å². The highest BCUT2D eigenvalue weighted by Crippen LogP contribution is 2.15. The average molecular weight is 364 g/mol. The molecule has 142 valence electrons. The van der Waals surface area contributed by atoms with Crippen molar-refractivity contribution in [3.63, 3.8) is 0 Å². The molecule has 0 spiro atoms. The van der Waals surface area contributed by atoms with E-state index in [0.29, 0.717) is 24.2 Å². The number of nitrogens with zero attached hydrogens (tertiary/aromatic N) is 2. The Hall–Kier alpha value is -2.62. The Bertz CT molecular complexity index is 748. The van der Waals surface area contributed by atoms with Crippen LogP contribution in [0.4, 0.5) is 0 Å². The Kier molecular flexibility index (Phi) is 6.64. The van der Waals surface area contributed by atoms with E-state index in [1.807, 2.05) is 47.1 Å². The molecule has 0 aromatic heterocycles. The summed E-state index contributed by atoms with van der Waals surface area (Å²) in [6, 6.07) is 17.1. The van der Waals surface area contributed by atoms with E-state index >= 15 is 0 Å². The molecule has 1 heterocycles. The molecule has 2 aromatic rings. The molecule has 1 aliphatic rings. The quantitative estimate of drug-likeness (QED) is 0.791. The van der Waals surface area contributed by atoms with Crippen LogP contribution in [0.15, 0.2) is 54.6 Å². The molecule has 0 radical (unpaired) electrons. The maximum absolute atomic E-state index is 12.8. The molecule has 27 heavy (non-hydrogen) atoms. The fourth-order valence-electron chi connectivity index (χ4n) is 3.53. The first kappa shape index (κ1) is 19.2. The highest BCUT2D eigenvalue weighted by atomic mass is 16.2. The predicted molar refractivity (Wildman–Crippen MR) is 108 cm³/mol. The van der Waals surface area contributed by atoms with Gasteiger partial charge in [-0.2, -0.15) is 0 Å². The SMILES string of the molecule is CCN(Cc1ccccc1)C(=O)c1ccc(C(=O)N2CCCCCC2)cc1. The van der Waals surface area contributed by atoms with Crippen molar-refractivity contribution in [1.82, 2.24) is 9.80 Å². The van der Waals surface area contributed by atoms with Gasteiger partial charge in [-0.05, 0) is 49.6 Å². The first-order valence-corrected chi connectivity index (χ1v) is 9.91. The van der Waals surface area contributed by atoms with Gasteiger partial charge in [-0.25, -0.2) is 0 Å². The molecule has 1 fully saturated rings. The Morgan fingerprint density at radius 3 is 2.04 bits per heavy atom. The summed E-state index contributed by atoms with van der Waals surface area (Å²) in [5.74, 6) is 0.0719. The van der Waals surface area contributed by atoms with Crippen LogP contribution in [-0.2, 0) is 6.54 Å². The van der Waals surface area contributed by atoms with Crippen LogP contribution < -0.4 is 0 Å². The normalized spacial score (nSPS) is 14.5. The molecule has 0 saturated carbocycles. The predicted octanol–water partition coefficient (Wildman–Crippen LogP) is 4.37. The van der Waals surface area contributed by atoms with Crippen molar-refractivity contribution in [2.75, 3.05) is 19.6 Å². The highest BCUT2D eigenvalue weighted by molar-refractivity contribution is 5.97. The summed E-state index contributed by atoms with van der Waals surface area (Å²) in [6.07, 6.45) is 4.55. The first-order valence-electron chi connectivity index (χ1n) is 9.91. The Morgan fingerprint density at radius 2 is 1.44 bits per heavy atom. The number of amides is 2. The molecule has 1 aliphatic heterocycles. The third-order valence-corrected chi connectivity index (χ3v) is 5.16. The van der Waals surface area contributed by atoms with Gasteiger partial charge in [-0.3, -0.25) is 9.59 Å². The number of benzene rings is 2. The van der Waals surface area contributed by atoms with Crippen LogP contribution in [0.2, 0.25) is 0 Å². The van der Waals surface area contributed by atoms with Crippen molar-refractivity contribution < 1.29 is 9.59 Å². The maximum atomic E-state index is 12.8. The van der Waals surface area contributed by atoms with Crippen molar-refractivity contribution in [3.8, 4) is 0 Å². The molecule has 0 unspecified atom stereocenters. The number of carbonyl (C=O) groups is 2. The second-order valence-corrected chi connectivity index (χ2v) is 7.09. The first-order chi connectivity index (χ1) is 13.2. The van der Waals surface area contributed by atoms with Gasteiger partial charge in [0.25, 0.3) is 11.8 Å². The van der Waals surface area contributed by atoms with Gasteiger partial charge >= 0.3 is 0 Å². The van der Waals surface area contributed by atoms with E-state index < -0.39 is 0 Å². The maximum Gasteiger partial charge on any atom is 0.254 e. The summed E-state index contributed by atoms with van der Waals surface area (Å²) < 4.78 is 0. The molecule has 1 saturated heterocycles. The second-order valence-electron chi connectivity index (χ2n) is 7.09. The minimum atomic E-state index is -0.00451. The van der Waals surface area contributed by atoms with Crippen LogP contribution in [0.25, 0.3) is 0 Å². The fraction of sp³-hybridized carbons (Fsp3) is 0.391. The molecule has 4 heteroatoms. The zero-order valence-corrected chi connectivity index (χ0v) is 16.1. The van der Waals surface area contributed by atoms with E-state index in [2.05, 4.69) is 0 Å². The molecule has 3 rings (SSSR count). The third-order valence-electron chi connectivity index (χ3n) is 5.16. The summed E-state index contributed by atoms with van der Waals surface area (Å²) in [7, 11) is 0. The van der Waals surface area contributed by atoms with Gasteiger partial charge < -0.3 is 9.80 Å². The molecular weight excluding hydrogens is 336 g/mol. The van der Waals surface area contributed by atoms with Crippen LogP contribution in [0, 0.1) is 0 Å². The van der Waals surface area contributed by atoms with Gasteiger partial charge in [0.15, 0.2) is 0 Å². The van der Waals surface area contributed by atoms with Crippen LogP contribution >= 0.6 is 0 Å². The lowest BCUT2D eigenvalue weighted by molar-refractivity contribution is 0.0744. The largest absolute Gasteiger partial charge is 0.339 e. The molecular formula is C23H28N2O2. The van der Waals surface area contributed by atoms with E-state index in [9.17, 15) is 9.59 Å². The van der Waals surface area contributed by atoms with Gasteiger partial charge in [-0.1, -0.05) is 43.2 Å². The number of carbonyl (C=O) groups excluding carboxylic acids is 2. The molecule has 2 amide bonds. The van der Waals surface area contributed by atoms with Crippen LogP contribution in [0.3, 0.4) is 0 Å². The Balaban J connectivity index is 1.68. The second kappa shape index (κ2) is 9.36. The lowest BCUT2D eigenvalue weighted by Crippen LogP contribution is -2.32. The lowest BCUT2D eigenvalue weighted by Gasteiger charge is -2.22. The van der Waals surface area contributed by atoms with Crippen LogP contribution in [0.5, 0.6) is 0 Å². The van der Waals surface area contributed by atoms with E-state index in [1.54, 1.807) is 24.3 Å². The smallest absolute Gasteiger partial charge is 0.254 e. The summed E-state index contributed by atoms with van der Waals surface area (Å²) in [4.78, 5) is 29.3. The molecule has 2 aromatic carbocycles. The van der Waals surface area contributed by atoms with Crippen LogP contribution in [0.1, 0.15) is 58.9 Å². The van der Waals surface area contributed by atoms with E-state index in [4.69, 9.17) is 0 Å². The van der Waals surface area contributed by atoms with Crippen molar-refractivity contribution >= 4 is 11.8 Å². The average Bonchev–Trinajstić information content (AvgIpc) is 3.01. The summed E-state index contributed by atoms with van der Waals surface area (Å²) >= 11 is 0. The summed E-state index contributed by atoms with van der Waals surface area (Å²) in [5.41, 5.74) is 2.40. The number of likely N-dealkylation sites (tertiary alicyclic amines) is 1. The molecule has 0 bridgehead atoms. The number of hydrogen-bond donors (Lipinski definition) is 0. The zero-order valence-electron chi connectivity index (χ0n) is 16.1. The topological polar surface area (TPSA) is 40.6 Å². The van der Waals surface area contributed by atoms with Gasteiger partial charge in [0.1, 0.15) is 0 Å².